The molecule has 0 fully saturated rings. The maximum absolute atomic E-state index is 11.9. The van der Waals surface area contributed by atoms with Crippen molar-refractivity contribution in [1.29, 1.82) is 0 Å². The average Bonchev–Trinajstić information content (AvgIpc) is 2.60. The molecule has 0 aromatic heterocycles. The molecule has 0 bridgehead atoms. The number of hydrogen-bond donors (Lipinski definition) is 3. The van der Waals surface area contributed by atoms with Gasteiger partial charge in [-0.2, -0.15) is 0 Å². The number of aliphatic imine (C=N–C) groups is 1. The molecule has 0 saturated heterocycles. The van der Waals surface area contributed by atoms with E-state index in [9.17, 15) is 8.42 Å². The van der Waals surface area contributed by atoms with Crippen LogP contribution in [0, 0.1) is 0 Å². The molecule has 2 aromatic carbocycles. The van der Waals surface area contributed by atoms with Crippen molar-refractivity contribution in [2.45, 2.75) is 38.1 Å². The molecule has 0 aliphatic heterocycles. The van der Waals surface area contributed by atoms with Crippen molar-refractivity contribution in [1.82, 2.24) is 4.72 Å². The molecule has 148 valence electrons. The third-order valence-electron chi connectivity index (χ3n) is 3.83. The highest BCUT2D eigenvalue weighted by Gasteiger charge is 2.11. The molecule has 0 atom stereocenters. The Hall–Kier alpha value is -1.65. The number of benzene rings is 2. The smallest absolute Gasteiger partial charge is 0.240 e. The first kappa shape index (κ1) is 23.4. The lowest BCUT2D eigenvalue weighted by atomic mass is 10.0. The fourth-order valence-corrected chi connectivity index (χ4v) is 3.43. The highest BCUT2D eigenvalue weighted by atomic mass is 127. The van der Waals surface area contributed by atoms with Crippen molar-refractivity contribution < 1.29 is 8.42 Å². The van der Waals surface area contributed by atoms with Gasteiger partial charge in [0.2, 0.25) is 10.0 Å². The van der Waals surface area contributed by atoms with Gasteiger partial charge in [0.05, 0.1) is 11.4 Å². The molecule has 0 amide bonds. The lowest BCUT2D eigenvalue weighted by molar-refractivity contribution is 0.584. The van der Waals surface area contributed by atoms with E-state index in [4.69, 9.17) is 5.73 Å². The Morgan fingerprint density at radius 3 is 2.41 bits per heavy atom. The molecule has 2 aromatic rings. The summed E-state index contributed by atoms with van der Waals surface area (Å²) >= 11 is 0. The molecule has 6 nitrogen and oxygen atoms in total. The van der Waals surface area contributed by atoms with Gasteiger partial charge in [-0.05, 0) is 41.3 Å². The van der Waals surface area contributed by atoms with E-state index in [0.717, 1.165) is 11.3 Å². The zero-order chi connectivity index (χ0) is 19.2. The quantitative estimate of drug-likeness (QED) is 0.306. The van der Waals surface area contributed by atoms with Crippen molar-refractivity contribution in [2.75, 3.05) is 11.9 Å². The van der Waals surface area contributed by atoms with Gasteiger partial charge in [-0.1, -0.05) is 45.0 Å². The van der Waals surface area contributed by atoms with Crippen LogP contribution in [-0.4, -0.2) is 20.9 Å². The summed E-state index contributed by atoms with van der Waals surface area (Å²) in [6.07, 6.45) is 0. The van der Waals surface area contributed by atoms with Gasteiger partial charge >= 0.3 is 0 Å². The van der Waals surface area contributed by atoms with Gasteiger partial charge in [-0.3, -0.25) is 0 Å². The minimum Gasteiger partial charge on any atom is -0.370 e. The highest BCUT2D eigenvalue weighted by Crippen LogP contribution is 2.18. The van der Waals surface area contributed by atoms with Crippen LogP contribution in [0.5, 0.6) is 0 Å². The fourth-order valence-electron chi connectivity index (χ4n) is 2.39. The number of nitrogens with zero attached hydrogens (tertiary/aromatic N) is 1. The Balaban J connectivity index is 0.00000364. The summed E-state index contributed by atoms with van der Waals surface area (Å²) in [6, 6.07) is 14.7. The minimum absolute atomic E-state index is 0. The lowest BCUT2D eigenvalue weighted by Crippen LogP contribution is -2.23. The van der Waals surface area contributed by atoms with Gasteiger partial charge in [0.15, 0.2) is 5.96 Å². The van der Waals surface area contributed by atoms with Crippen LogP contribution >= 0.6 is 24.0 Å². The largest absolute Gasteiger partial charge is 0.370 e. The second kappa shape index (κ2) is 10.6. The zero-order valence-electron chi connectivity index (χ0n) is 15.8. The molecule has 27 heavy (non-hydrogen) atoms. The Labute approximate surface area is 178 Å². The lowest BCUT2D eigenvalue weighted by Gasteiger charge is -2.10. The summed E-state index contributed by atoms with van der Waals surface area (Å²) in [6.45, 7) is 6.74. The number of sulfonamides is 1. The SMILES string of the molecule is CCNS(=O)(=O)c1ccc(CN=C(N)Nc2cccc(C(C)C)c2)cc1.I. The molecule has 0 spiro atoms. The van der Waals surface area contributed by atoms with Crippen LogP contribution in [0.1, 0.15) is 37.8 Å². The van der Waals surface area contributed by atoms with Gasteiger partial charge in [0.25, 0.3) is 0 Å². The molecule has 2 rings (SSSR count). The van der Waals surface area contributed by atoms with E-state index in [1.807, 2.05) is 18.2 Å². The first-order valence-electron chi connectivity index (χ1n) is 8.57. The first-order chi connectivity index (χ1) is 12.3. The standard InChI is InChI=1S/C19H26N4O2S.HI/c1-4-22-26(24,25)18-10-8-15(9-11-18)13-21-19(20)23-17-7-5-6-16(12-17)14(2)3;/h5-12,14,22H,4,13H2,1-3H3,(H3,20,21,23);1H. The second-order valence-electron chi connectivity index (χ2n) is 6.25. The molecule has 0 aliphatic carbocycles. The van der Waals surface area contributed by atoms with Gasteiger partial charge in [0, 0.05) is 12.2 Å². The van der Waals surface area contributed by atoms with E-state index in [0.29, 0.717) is 25.0 Å². The van der Waals surface area contributed by atoms with Crippen molar-refractivity contribution in [3.05, 3.63) is 59.7 Å². The van der Waals surface area contributed by atoms with Crippen molar-refractivity contribution >= 4 is 45.6 Å². The van der Waals surface area contributed by atoms with Crippen LogP contribution in [0.15, 0.2) is 58.4 Å². The number of nitrogens with one attached hydrogen (secondary N) is 2. The maximum Gasteiger partial charge on any atom is 0.240 e. The number of guanidine groups is 1. The third kappa shape index (κ3) is 7.11. The summed E-state index contributed by atoms with van der Waals surface area (Å²) in [5.74, 6) is 0.752. The van der Waals surface area contributed by atoms with Gasteiger partial charge in [0.1, 0.15) is 0 Å². The van der Waals surface area contributed by atoms with E-state index in [1.54, 1.807) is 31.2 Å². The number of halogens is 1. The van der Waals surface area contributed by atoms with Crippen LogP contribution in [0.4, 0.5) is 5.69 Å². The average molecular weight is 502 g/mol. The van der Waals surface area contributed by atoms with Crippen LogP contribution in [0.3, 0.4) is 0 Å². The number of hydrogen-bond acceptors (Lipinski definition) is 3. The van der Waals surface area contributed by atoms with E-state index in [1.165, 1.54) is 5.56 Å². The zero-order valence-corrected chi connectivity index (χ0v) is 18.9. The maximum atomic E-state index is 11.9. The summed E-state index contributed by atoms with van der Waals surface area (Å²) in [4.78, 5) is 4.55. The van der Waals surface area contributed by atoms with E-state index in [-0.39, 0.29) is 28.9 Å². The summed E-state index contributed by atoms with van der Waals surface area (Å²) in [5.41, 5.74) is 8.94. The van der Waals surface area contributed by atoms with Crippen LogP contribution < -0.4 is 15.8 Å². The Bertz CT molecular complexity index is 866. The normalized spacial score (nSPS) is 11.9. The van der Waals surface area contributed by atoms with Crippen LogP contribution in [0.25, 0.3) is 0 Å². The minimum atomic E-state index is -3.43. The van der Waals surface area contributed by atoms with Crippen molar-refractivity contribution in [2.24, 2.45) is 10.7 Å². The van der Waals surface area contributed by atoms with Gasteiger partial charge < -0.3 is 11.1 Å². The number of nitrogens with two attached hydrogens (primary N) is 1. The summed E-state index contributed by atoms with van der Waals surface area (Å²) in [7, 11) is -3.43. The van der Waals surface area contributed by atoms with Crippen LogP contribution in [0.2, 0.25) is 0 Å². The Morgan fingerprint density at radius 1 is 1.15 bits per heavy atom. The van der Waals surface area contributed by atoms with Crippen molar-refractivity contribution in [3.63, 3.8) is 0 Å². The number of anilines is 1. The molecule has 0 radical (unpaired) electrons. The van der Waals surface area contributed by atoms with Gasteiger partial charge in [-0.25, -0.2) is 18.1 Å². The predicted molar refractivity (Wildman–Crippen MR) is 122 cm³/mol. The van der Waals surface area contributed by atoms with E-state index in [2.05, 4.69) is 34.9 Å². The predicted octanol–water partition coefficient (Wildman–Crippen LogP) is 3.65. The molecule has 4 N–H and O–H groups in total. The highest BCUT2D eigenvalue weighted by molar-refractivity contribution is 14.0. The molecule has 0 unspecified atom stereocenters. The summed E-state index contributed by atoms with van der Waals surface area (Å²) in [5, 5.41) is 3.08. The third-order valence-corrected chi connectivity index (χ3v) is 5.39. The van der Waals surface area contributed by atoms with Crippen molar-refractivity contribution in [3.8, 4) is 0 Å². The molecular weight excluding hydrogens is 475 g/mol. The first-order valence-corrected chi connectivity index (χ1v) is 10.1. The second-order valence-corrected chi connectivity index (χ2v) is 8.02. The number of rotatable bonds is 7. The monoisotopic (exact) mass is 502 g/mol. The molecule has 0 heterocycles. The Kier molecular flexibility index (Phi) is 9.20. The summed E-state index contributed by atoms with van der Waals surface area (Å²) < 4.78 is 26.3. The fraction of sp³-hybridized carbons (Fsp3) is 0.316. The molecule has 0 aliphatic rings. The molecular formula is C19H27IN4O2S. The van der Waals surface area contributed by atoms with E-state index < -0.39 is 10.0 Å². The topological polar surface area (TPSA) is 96.6 Å². The molecule has 8 heteroatoms. The van der Waals surface area contributed by atoms with E-state index >= 15 is 0 Å². The van der Waals surface area contributed by atoms with Gasteiger partial charge in [-0.15, -0.1) is 24.0 Å². The molecule has 0 saturated carbocycles. The Morgan fingerprint density at radius 2 is 1.81 bits per heavy atom. The van der Waals surface area contributed by atoms with Crippen LogP contribution in [-0.2, 0) is 16.6 Å².